The molecule has 1 aromatic heterocycles. The maximum Gasteiger partial charge on any atom is 0.204 e. The maximum absolute atomic E-state index is 8.54. The van der Waals surface area contributed by atoms with Crippen LogP contribution in [0.25, 0.3) is 11.4 Å². The summed E-state index contributed by atoms with van der Waals surface area (Å²) in [6.45, 7) is 2.96. The summed E-state index contributed by atoms with van der Waals surface area (Å²) in [5.74, 6) is 1.34. The van der Waals surface area contributed by atoms with Crippen LogP contribution in [0.15, 0.2) is 24.3 Å². The standard InChI is InChI=1S/C13H15N5O/c1-2-3-10-19-12-6-4-11(5-7-12)13-15-17-18(16-13)9-8-14/h4-7H,2-3,9-10H2,1H3. The van der Waals surface area contributed by atoms with Crippen molar-refractivity contribution in [1.29, 1.82) is 5.26 Å². The Morgan fingerprint density at radius 2 is 2.11 bits per heavy atom. The normalized spacial score (nSPS) is 10.1. The number of nitriles is 1. The van der Waals surface area contributed by atoms with E-state index in [0.717, 1.165) is 30.8 Å². The van der Waals surface area contributed by atoms with Crippen molar-refractivity contribution >= 4 is 0 Å². The summed E-state index contributed by atoms with van der Waals surface area (Å²) < 4.78 is 5.58. The van der Waals surface area contributed by atoms with E-state index in [4.69, 9.17) is 10.00 Å². The zero-order valence-electron chi connectivity index (χ0n) is 10.8. The third-order valence-corrected chi connectivity index (χ3v) is 2.54. The van der Waals surface area contributed by atoms with E-state index in [9.17, 15) is 0 Å². The van der Waals surface area contributed by atoms with Crippen molar-refractivity contribution in [3.63, 3.8) is 0 Å². The van der Waals surface area contributed by atoms with E-state index in [1.54, 1.807) is 0 Å². The summed E-state index contributed by atoms with van der Waals surface area (Å²) in [6.07, 6.45) is 2.16. The quantitative estimate of drug-likeness (QED) is 0.740. The second kappa shape index (κ2) is 6.50. The van der Waals surface area contributed by atoms with Crippen LogP contribution in [0.1, 0.15) is 19.8 Å². The van der Waals surface area contributed by atoms with Crippen LogP contribution >= 0.6 is 0 Å². The third-order valence-electron chi connectivity index (χ3n) is 2.54. The van der Waals surface area contributed by atoms with Crippen molar-refractivity contribution in [2.24, 2.45) is 0 Å². The molecule has 0 saturated carbocycles. The lowest BCUT2D eigenvalue weighted by Gasteiger charge is -2.04. The molecule has 0 aliphatic rings. The lowest BCUT2D eigenvalue weighted by molar-refractivity contribution is 0.309. The van der Waals surface area contributed by atoms with Crippen LogP contribution in [0.4, 0.5) is 0 Å². The van der Waals surface area contributed by atoms with E-state index in [1.807, 2.05) is 30.3 Å². The lowest BCUT2D eigenvalue weighted by atomic mass is 10.2. The number of nitrogens with zero attached hydrogens (tertiary/aromatic N) is 5. The summed E-state index contributed by atoms with van der Waals surface area (Å²) in [5.41, 5.74) is 0.854. The minimum absolute atomic E-state index is 0.102. The highest BCUT2D eigenvalue weighted by Gasteiger charge is 2.05. The van der Waals surface area contributed by atoms with E-state index < -0.39 is 0 Å². The van der Waals surface area contributed by atoms with Gasteiger partial charge in [0.05, 0.1) is 12.7 Å². The summed E-state index contributed by atoms with van der Waals surface area (Å²) in [6, 6.07) is 9.50. The van der Waals surface area contributed by atoms with Crippen LogP contribution in [-0.2, 0) is 6.54 Å². The molecule has 0 bridgehead atoms. The molecular formula is C13H15N5O. The Balaban J connectivity index is 2.02. The van der Waals surface area contributed by atoms with E-state index >= 15 is 0 Å². The van der Waals surface area contributed by atoms with Crippen LogP contribution in [0, 0.1) is 11.3 Å². The molecule has 0 radical (unpaired) electrons. The zero-order valence-corrected chi connectivity index (χ0v) is 10.8. The molecule has 0 fully saturated rings. The van der Waals surface area contributed by atoms with Gasteiger partial charge in [0.2, 0.25) is 5.82 Å². The largest absolute Gasteiger partial charge is 0.494 e. The highest BCUT2D eigenvalue weighted by atomic mass is 16.5. The predicted molar refractivity (Wildman–Crippen MR) is 69.3 cm³/mol. The molecule has 0 aliphatic heterocycles. The predicted octanol–water partition coefficient (Wildman–Crippen LogP) is 2.04. The second-order valence-corrected chi connectivity index (χ2v) is 4.03. The van der Waals surface area contributed by atoms with Gasteiger partial charge in [-0.05, 0) is 35.9 Å². The molecule has 2 rings (SSSR count). The lowest BCUT2D eigenvalue weighted by Crippen LogP contribution is -1.99. The number of ether oxygens (including phenoxy) is 1. The fourth-order valence-corrected chi connectivity index (χ4v) is 1.52. The van der Waals surface area contributed by atoms with Gasteiger partial charge in [-0.2, -0.15) is 5.26 Å². The van der Waals surface area contributed by atoms with Crippen molar-refractivity contribution in [2.75, 3.05) is 6.61 Å². The first-order chi connectivity index (χ1) is 9.33. The summed E-state index contributed by atoms with van der Waals surface area (Å²) >= 11 is 0. The second-order valence-electron chi connectivity index (χ2n) is 4.03. The molecule has 0 unspecified atom stereocenters. The first-order valence-electron chi connectivity index (χ1n) is 6.21. The van der Waals surface area contributed by atoms with Crippen molar-refractivity contribution in [3.8, 4) is 23.2 Å². The SMILES string of the molecule is CCCCOc1ccc(-c2nnn(CC#N)n2)cc1. The molecule has 6 heteroatoms. The van der Waals surface area contributed by atoms with Gasteiger partial charge in [0, 0.05) is 5.56 Å². The van der Waals surface area contributed by atoms with E-state index in [2.05, 4.69) is 22.3 Å². The van der Waals surface area contributed by atoms with Crippen molar-refractivity contribution in [2.45, 2.75) is 26.3 Å². The minimum atomic E-state index is 0.102. The van der Waals surface area contributed by atoms with Gasteiger partial charge in [0.1, 0.15) is 12.3 Å². The minimum Gasteiger partial charge on any atom is -0.494 e. The molecule has 0 saturated heterocycles. The van der Waals surface area contributed by atoms with Crippen LogP contribution in [0.2, 0.25) is 0 Å². The average molecular weight is 257 g/mol. The molecule has 1 heterocycles. The Hall–Kier alpha value is -2.42. The van der Waals surface area contributed by atoms with E-state index in [-0.39, 0.29) is 6.54 Å². The fourth-order valence-electron chi connectivity index (χ4n) is 1.52. The highest BCUT2D eigenvalue weighted by molar-refractivity contribution is 5.55. The Kier molecular flexibility index (Phi) is 4.45. The monoisotopic (exact) mass is 257 g/mol. The molecule has 0 atom stereocenters. The molecule has 0 amide bonds. The van der Waals surface area contributed by atoms with Crippen LogP contribution in [0.3, 0.4) is 0 Å². The average Bonchev–Trinajstić information content (AvgIpc) is 2.89. The number of rotatable bonds is 6. The van der Waals surface area contributed by atoms with Crippen molar-refractivity contribution < 1.29 is 4.74 Å². The van der Waals surface area contributed by atoms with Crippen molar-refractivity contribution in [1.82, 2.24) is 20.2 Å². The number of benzene rings is 1. The first-order valence-corrected chi connectivity index (χ1v) is 6.21. The van der Waals surface area contributed by atoms with Crippen LogP contribution < -0.4 is 4.74 Å². The number of tetrazole rings is 1. The summed E-state index contributed by atoms with van der Waals surface area (Å²) in [5, 5.41) is 20.3. The number of aromatic nitrogens is 4. The Morgan fingerprint density at radius 1 is 1.32 bits per heavy atom. The Morgan fingerprint density at radius 3 is 2.79 bits per heavy atom. The van der Waals surface area contributed by atoms with Crippen LogP contribution in [0.5, 0.6) is 5.75 Å². The first kappa shape index (κ1) is 13.0. The van der Waals surface area contributed by atoms with Gasteiger partial charge in [-0.15, -0.1) is 15.0 Å². The summed E-state index contributed by atoms with van der Waals surface area (Å²) in [7, 11) is 0. The van der Waals surface area contributed by atoms with E-state index in [1.165, 1.54) is 4.80 Å². The number of hydrogen-bond donors (Lipinski definition) is 0. The molecule has 1 aromatic carbocycles. The molecule has 0 N–H and O–H groups in total. The Labute approximate surface area is 111 Å². The smallest absolute Gasteiger partial charge is 0.204 e. The maximum atomic E-state index is 8.54. The van der Waals surface area contributed by atoms with Gasteiger partial charge in [-0.25, -0.2) is 0 Å². The fraction of sp³-hybridized carbons (Fsp3) is 0.385. The van der Waals surface area contributed by atoms with Crippen LogP contribution in [-0.4, -0.2) is 26.8 Å². The topological polar surface area (TPSA) is 76.6 Å². The van der Waals surface area contributed by atoms with E-state index in [0.29, 0.717) is 5.82 Å². The van der Waals surface area contributed by atoms with Gasteiger partial charge >= 0.3 is 0 Å². The number of hydrogen-bond acceptors (Lipinski definition) is 5. The molecule has 0 aliphatic carbocycles. The van der Waals surface area contributed by atoms with Gasteiger partial charge in [0.15, 0.2) is 0 Å². The van der Waals surface area contributed by atoms with Gasteiger partial charge in [-0.1, -0.05) is 13.3 Å². The Bertz CT molecular complexity index is 555. The van der Waals surface area contributed by atoms with Gasteiger partial charge in [0.25, 0.3) is 0 Å². The molecule has 19 heavy (non-hydrogen) atoms. The molecule has 0 spiro atoms. The molecule has 98 valence electrons. The molecular weight excluding hydrogens is 242 g/mol. The molecule has 2 aromatic rings. The summed E-state index contributed by atoms with van der Waals surface area (Å²) in [4.78, 5) is 1.26. The zero-order chi connectivity index (χ0) is 13.5. The van der Waals surface area contributed by atoms with Gasteiger partial charge < -0.3 is 4.74 Å². The molecule has 6 nitrogen and oxygen atoms in total. The highest BCUT2D eigenvalue weighted by Crippen LogP contribution is 2.18. The number of unbranched alkanes of at least 4 members (excludes halogenated alkanes) is 1. The third kappa shape index (κ3) is 3.52. The van der Waals surface area contributed by atoms with Gasteiger partial charge in [-0.3, -0.25) is 0 Å². The van der Waals surface area contributed by atoms with Crippen molar-refractivity contribution in [3.05, 3.63) is 24.3 Å².